The second-order valence-electron chi connectivity index (χ2n) is 5.07. The van der Waals surface area contributed by atoms with Gasteiger partial charge in [0.25, 0.3) is 5.91 Å². The molecule has 0 bridgehead atoms. The zero-order valence-electron chi connectivity index (χ0n) is 11.6. The van der Waals surface area contributed by atoms with E-state index in [1.54, 1.807) is 0 Å². The number of hydrogen-bond acceptors (Lipinski definition) is 3. The Kier molecular flexibility index (Phi) is 4.41. The Bertz CT molecular complexity index is 531. The predicted molar refractivity (Wildman–Crippen MR) is 72.2 cm³/mol. The van der Waals surface area contributed by atoms with Gasteiger partial charge in [-0.25, -0.2) is 0 Å². The summed E-state index contributed by atoms with van der Waals surface area (Å²) in [5, 5.41) is 0. The molecule has 4 nitrogen and oxygen atoms in total. The van der Waals surface area contributed by atoms with E-state index in [0.29, 0.717) is 25.4 Å². The fourth-order valence-electron chi connectivity index (χ4n) is 2.40. The van der Waals surface area contributed by atoms with E-state index in [1.807, 2.05) is 11.8 Å². The maximum absolute atomic E-state index is 12.7. The molecular weight excluding hydrogens is 285 g/mol. The van der Waals surface area contributed by atoms with Crippen LogP contribution in [-0.4, -0.2) is 31.7 Å². The molecule has 0 unspecified atom stereocenters. The minimum absolute atomic E-state index is 0.0597. The number of hydrogen-bond donors (Lipinski definition) is 1. The molecule has 1 amide bonds. The van der Waals surface area contributed by atoms with Crippen molar-refractivity contribution in [2.75, 3.05) is 24.6 Å². The Balaban J connectivity index is 2.40. The van der Waals surface area contributed by atoms with Crippen LogP contribution in [0.1, 0.15) is 29.3 Å². The Morgan fingerprint density at radius 2 is 2.14 bits per heavy atom. The third kappa shape index (κ3) is 3.66. The number of ether oxygens (including phenoxy) is 1. The van der Waals surface area contributed by atoms with E-state index < -0.39 is 17.6 Å². The molecule has 2 N–H and O–H groups in total. The molecule has 7 heteroatoms. The van der Waals surface area contributed by atoms with Gasteiger partial charge in [0.15, 0.2) is 0 Å². The van der Waals surface area contributed by atoms with E-state index in [1.165, 1.54) is 6.07 Å². The maximum atomic E-state index is 12.7. The molecule has 1 fully saturated rings. The molecule has 1 aliphatic heterocycles. The summed E-state index contributed by atoms with van der Waals surface area (Å²) in [6, 6.07) is 3.09. The number of alkyl halides is 3. The van der Waals surface area contributed by atoms with Crippen molar-refractivity contribution >= 4 is 11.6 Å². The summed E-state index contributed by atoms with van der Waals surface area (Å²) in [4.78, 5) is 13.4. The minimum Gasteiger partial charge on any atom is -0.377 e. The van der Waals surface area contributed by atoms with Gasteiger partial charge in [-0.2, -0.15) is 13.2 Å². The summed E-state index contributed by atoms with van der Waals surface area (Å²) in [7, 11) is 0. The number of carbonyl (C=O) groups is 1. The summed E-state index contributed by atoms with van der Waals surface area (Å²) < 4.78 is 43.7. The van der Waals surface area contributed by atoms with E-state index in [0.717, 1.165) is 18.6 Å². The van der Waals surface area contributed by atoms with Crippen LogP contribution in [0.15, 0.2) is 18.2 Å². The Hall–Kier alpha value is -1.76. The van der Waals surface area contributed by atoms with Crippen LogP contribution in [0.5, 0.6) is 0 Å². The molecule has 1 aromatic carbocycles. The highest BCUT2D eigenvalue weighted by molar-refractivity contribution is 5.99. The lowest BCUT2D eigenvalue weighted by Crippen LogP contribution is -2.32. The van der Waals surface area contributed by atoms with Crippen molar-refractivity contribution in [2.24, 2.45) is 5.73 Å². The Morgan fingerprint density at radius 1 is 1.43 bits per heavy atom. The van der Waals surface area contributed by atoms with Crippen LogP contribution in [-0.2, 0) is 10.9 Å². The average molecular weight is 302 g/mol. The van der Waals surface area contributed by atoms with Crippen LogP contribution in [0.3, 0.4) is 0 Å². The number of halogens is 3. The highest BCUT2D eigenvalue weighted by atomic mass is 19.4. The van der Waals surface area contributed by atoms with E-state index in [-0.39, 0.29) is 11.7 Å². The molecule has 0 saturated carbocycles. The van der Waals surface area contributed by atoms with Gasteiger partial charge in [-0.1, -0.05) is 0 Å². The molecule has 0 spiro atoms. The van der Waals surface area contributed by atoms with Crippen molar-refractivity contribution in [3.63, 3.8) is 0 Å². The fourth-order valence-corrected chi connectivity index (χ4v) is 2.40. The fraction of sp³-hybridized carbons (Fsp3) is 0.500. The summed E-state index contributed by atoms with van der Waals surface area (Å²) in [6.45, 7) is 3.58. The molecule has 2 rings (SSSR count). The number of amides is 1. The topological polar surface area (TPSA) is 55.6 Å². The number of anilines is 1. The monoisotopic (exact) mass is 302 g/mol. The first-order chi connectivity index (χ1) is 9.79. The highest BCUT2D eigenvalue weighted by Gasteiger charge is 2.32. The summed E-state index contributed by atoms with van der Waals surface area (Å²) in [5.41, 5.74) is 4.68. The summed E-state index contributed by atoms with van der Waals surface area (Å²) in [5.74, 6) is -0.867. The van der Waals surface area contributed by atoms with Gasteiger partial charge in [0, 0.05) is 25.4 Å². The van der Waals surface area contributed by atoms with Crippen molar-refractivity contribution in [3.8, 4) is 0 Å². The van der Waals surface area contributed by atoms with Crippen molar-refractivity contribution < 1.29 is 22.7 Å². The van der Waals surface area contributed by atoms with Crippen LogP contribution in [0.4, 0.5) is 18.9 Å². The summed E-state index contributed by atoms with van der Waals surface area (Å²) in [6.07, 6.45) is -3.82. The smallest absolute Gasteiger partial charge is 0.377 e. The van der Waals surface area contributed by atoms with Gasteiger partial charge in [-0.3, -0.25) is 4.79 Å². The number of carbonyl (C=O) groups excluding carboxylic acids is 1. The number of benzene rings is 1. The molecule has 1 heterocycles. The third-order valence-corrected chi connectivity index (χ3v) is 3.38. The summed E-state index contributed by atoms with van der Waals surface area (Å²) >= 11 is 0. The quantitative estimate of drug-likeness (QED) is 0.913. The molecule has 1 atom stereocenters. The van der Waals surface area contributed by atoms with E-state index in [9.17, 15) is 18.0 Å². The first kappa shape index (κ1) is 15.6. The maximum Gasteiger partial charge on any atom is 0.416 e. The number of nitrogens with two attached hydrogens (primary N) is 1. The standard InChI is InChI=1S/C14H17F3N2O2/c1-9-8-19(5-2-6-21-9)12-4-3-10(14(15,16)17)7-11(12)13(18)20/h3-4,7,9H,2,5-6,8H2,1H3,(H2,18,20)/t9-/m0/s1. The van der Waals surface area contributed by atoms with Gasteiger partial charge in [0.2, 0.25) is 0 Å². The van der Waals surface area contributed by atoms with Crippen molar-refractivity contribution in [1.82, 2.24) is 0 Å². The zero-order chi connectivity index (χ0) is 15.6. The average Bonchev–Trinajstić information content (AvgIpc) is 2.61. The molecule has 116 valence electrons. The van der Waals surface area contributed by atoms with Gasteiger partial charge < -0.3 is 15.4 Å². The molecule has 1 aliphatic rings. The van der Waals surface area contributed by atoms with Crippen LogP contribution in [0.25, 0.3) is 0 Å². The molecule has 21 heavy (non-hydrogen) atoms. The minimum atomic E-state index is -4.50. The Morgan fingerprint density at radius 3 is 2.76 bits per heavy atom. The van der Waals surface area contributed by atoms with Crippen LogP contribution >= 0.6 is 0 Å². The predicted octanol–water partition coefficient (Wildman–Crippen LogP) is 2.42. The van der Waals surface area contributed by atoms with Gasteiger partial charge in [-0.15, -0.1) is 0 Å². The number of rotatable bonds is 2. The second kappa shape index (κ2) is 5.93. The van der Waals surface area contributed by atoms with Crippen LogP contribution in [0, 0.1) is 0 Å². The normalized spacial score (nSPS) is 20.2. The zero-order valence-corrected chi connectivity index (χ0v) is 11.6. The van der Waals surface area contributed by atoms with E-state index in [2.05, 4.69) is 0 Å². The molecule has 0 aliphatic carbocycles. The Labute approximate surface area is 120 Å². The van der Waals surface area contributed by atoms with E-state index in [4.69, 9.17) is 10.5 Å². The number of primary amides is 1. The van der Waals surface area contributed by atoms with Gasteiger partial charge in [0.05, 0.1) is 17.2 Å². The molecular formula is C14H17F3N2O2. The lowest BCUT2D eigenvalue weighted by Gasteiger charge is -2.26. The molecule has 0 aromatic heterocycles. The van der Waals surface area contributed by atoms with Crippen molar-refractivity contribution in [3.05, 3.63) is 29.3 Å². The van der Waals surface area contributed by atoms with Crippen molar-refractivity contribution in [1.29, 1.82) is 0 Å². The largest absolute Gasteiger partial charge is 0.416 e. The van der Waals surface area contributed by atoms with Crippen LogP contribution < -0.4 is 10.6 Å². The van der Waals surface area contributed by atoms with Gasteiger partial charge in [-0.05, 0) is 31.5 Å². The molecule has 1 saturated heterocycles. The van der Waals surface area contributed by atoms with Gasteiger partial charge >= 0.3 is 6.18 Å². The second-order valence-corrected chi connectivity index (χ2v) is 5.07. The third-order valence-electron chi connectivity index (χ3n) is 3.38. The van der Waals surface area contributed by atoms with Gasteiger partial charge in [0.1, 0.15) is 0 Å². The van der Waals surface area contributed by atoms with E-state index >= 15 is 0 Å². The SMILES string of the molecule is C[C@H]1CN(c2ccc(C(F)(F)F)cc2C(N)=O)CCCO1. The lowest BCUT2D eigenvalue weighted by atomic mass is 10.1. The van der Waals surface area contributed by atoms with Crippen molar-refractivity contribution in [2.45, 2.75) is 25.6 Å². The first-order valence-electron chi connectivity index (χ1n) is 6.66. The molecule has 0 radical (unpaired) electrons. The highest BCUT2D eigenvalue weighted by Crippen LogP contribution is 2.33. The molecule has 1 aromatic rings. The van der Waals surface area contributed by atoms with Crippen LogP contribution in [0.2, 0.25) is 0 Å². The first-order valence-corrected chi connectivity index (χ1v) is 6.66. The number of nitrogens with zero attached hydrogens (tertiary/aromatic N) is 1. The lowest BCUT2D eigenvalue weighted by molar-refractivity contribution is -0.137.